The maximum Gasteiger partial charge on any atom is 0.407 e. The number of carbonyl (C=O) groups is 1. The summed E-state index contributed by atoms with van der Waals surface area (Å²) in [4.78, 5) is 13.4. The fourth-order valence-corrected chi connectivity index (χ4v) is 2.18. The minimum Gasteiger partial charge on any atom is -0.453 e. The molecular formula is C11H22N2O2. The van der Waals surface area contributed by atoms with Crippen molar-refractivity contribution in [2.24, 2.45) is 11.8 Å². The van der Waals surface area contributed by atoms with Gasteiger partial charge in [0.1, 0.15) is 0 Å². The first kappa shape index (κ1) is 12.3. The molecule has 1 rings (SSSR count). The molecule has 1 N–H and O–H groups in total. The van der Waals surface area contributed by atoms with E-state index in [0.717, 1.165) is 19.5 Å². The zero-order valence-electron chi connectivity index (χ0n) is 10.1. The lowest BCUT2D eigenvalue weighted by molar-refractivity contribution is 0.124. The summed E-state index contributed by atoms with van der Waals surface area (Å²) in [7, 11) is 3.50. The van der Waals surface area contributed by atoms with Gasteiger partial charge in [-0.15, -0.1) is 0 Å². The maximum atomic E-state index is 11.1. The molecule has 0 saturated carbocycles. The molecule has 0 bridgehead atoms. The van der Waals surface area contributed by atoms with Gasteiger partial charge in [-0.2, -0.15) is 0 Å². The number of nitrogens with zero attached hydrogens (tertiary/aromatic N) is 1. The third-order valence-corrected chi connectivity index (χ3v) is 3.12. The summed E-state index contributed by atoms with van der Waals surface area (Å²) in [5.74, 6) is 1.32. The third-order valence-electron chi connectivity index (χ3n) is 3.12. The number of rotatable bonds is 2. The van der Waals surface area contributed by atoms with Crippen molar-refractivity contribution in [3.05, 3.63) is 0 Å². The first-order valence-electron chi connectivity index (χ1n) is 5.56. The van der Waals surface area contributed by atoms with Crippen LogP contribution < -0.4 is 5.32 Å². The summed E-state index contributed by atoms with van der Waals surface area (Å²) < 4.78 is 4.62. The molecule has 1 fully saturated rings. The highest BCUT2D eigenvalue weighted by atomic mass is 16.5. The van der Waals surface area contributed by atoms with E-state index in [1.54, 1.807) is 0 Å². The van der Waals surface area contributed by atoms with Gasteiger partial charge < -0.3 is 15.0 Å². The van der Waals surface area contributed by atoms with E-state index >= 15 is 0 Å². The Morgan fingerprint density at radius 3 is 2.67 bits per heavy atom. The predicted octanol–water partition coefficient (Wildman–Crippen LogP) is 1.32. The smallest absolute Gasteiger partial charge is 0.407 e. The van der Waals surface area contributed by atoms with Crippen LogP contribution >= 0.6 is 0 Å². The first-order valence-corrected chi connectivity index (χ1v) is 5.56. The second kappa shape index (κ2) is 5.35. The third kappa shape index (κ3) is 3.70. The monoisotopic (exact) mass is 214 g/mol. The van der Waals surface area contributed by atoms with Crippen molar-refractivity contribution in [3.8, 4) is 0 Å². The van der Waals surface area contributed by atoms with Crippen LogP contribution in [-0.2, 0) is 4.74 Å². The number of likely N-dealkylation sites (N-methyl/N-ethyl adjacent to an activating group) is 1. The minimum atomic E-state index is -0.321. The molecule has 2 atom stereocenters. The highest BCUT2D eigenvalue weighted by Crippen LogP contribution is 2.22. The quantitative estimate of drug-likeness (QED) is 0.753. The minimum absolute atomic E-state index is 0.226. The van der Waals surface area contributed by atoms with E-state index in [-0.39, 0.29) is 12.1 Å². The molecule has 0 aromatic heterocycles. The van der Waals surface area contributed by atoms with Crippen LogP contribution in [0, 0.1) is 11.8 Å². The van der Waals surface area contributed by atoms with Crippen LogP contribution in [0.4, 0.5) is 4.79 Å². The lowest BCUT2D eigenvalue weighted by Gasteiger charge is -2.37. The van der Waals surface area contributed by atoms with Gasteiger partial charge in [0.15, 0.2) is 0 Å². The van der Waals surface area contributed by atoms with E-state index in [1.165, 1.54) is 7.11 Å². The topological polar surface area (TPSA) is 41.6 Å². The molecule has 0 spiro atoms. The fourth-order valence-electron chi connectivity index (χ4n) is 2.18. The van der Waals surface area contributed by atoms with Gasteiger partial charge in [0.2, 0.25) is 0 Å². The van der Waals surface area contributed by atoms with Gasteiger partial charge in [0.05, 0.1) is 7.11 Å². The van der Waals surface area contributed by atoms with Crippen molar-refractivity contribution < 1.29 is 9.53 Å². The number of methoxy groups -OCH3 is 1. The number of likely N-dealkylation sites (tertiary alicyclic amines) is 1. The largest absolute Gasteiger partial charge is 0.453 e. The van der Waals surface area contributed by atoms with Gasteiger partial charge in [0, 0.05) is 19.1 Å². The molecular weight excluding hydrogens is 192 g/mol. The molecule has 1 amide bonds. The number of hydrogen-bond acceptors (Lipinski definition) is 3. The molecule has 4 nitrogen and oxygen atoms in total. The molecule has 0 aromatic rings. The molecule has 88 valence electrons. The first-order chi connectivity index (χ1) is 7.02. The second-order valence-electron chi connectivity index (χ2n) is 4.79. The van der Waals surface area contributed by atoms with Crippen molar-refractivity contribution in [2.75, 3.05) is 27.2 Å². The zero-order valence-corrected chi connectivity index (χ0v) is 10.1. The Hall–Kier alpha value is -0.770. The number of alkyl carbamates (subject to hydrolysis) is 1. The molecule has 0 aromatic carbocycles. The summed E-state index contributed by atoms with van der Waals surface area (Å²) in [5.41, 5.74) is 0. The van der Waals surface area contributed by atoms with Crippen molar-refractivity contribution in [1.29, 1.82) is 0 Å². The van der Waals surface area contributed by atoms with E-state index in [1.807, 2.05) is 0 Å². The highest BCUT2D eigenvalue weighted by Gasteiger charge is 2.28. The lowest BCUT2D eigenvalue weighted by Crippen LogP contribution is -2.50. The maximum absolute atomic E-state index is 11.1. The van der Waals surface area contributed by atoms with Crippen molar-refractivity contribution >= 4 is 6.09 Å². The Labute approximate surface area is 92.0 Å². The number of nitrogens with one attached hydrogen (secondary N) is 1. The molecule has 4 heteroatoms. The Morgan fingerprint density at radius 1 is 1.47 bits per heavy atom. The average molecular weight is 214 g/mol. The lowest BCUT2D eigenvalue weighted by atomic mass is 9.86. The molecule has 15 heavy (non-hydrogen) atoms. The van der Waals surface area contributed by atoms with Gasteiger partial charge in [-0.1, -0.05) is 13.8 Å². The van der Waals surface area contributed by atoms with Crippen LogP contribution in [0.1, 0.15) is 20.3 Å². The fraction of sp³-hybridized carbons (Fsp3) is 0.909. The van der Waals surface area contributed by atoms with Gasteiger partial charge in [-0.3, -0.25) is 0 Å². The molecule has 0 radical (unpaired) electrons. The normalized spacial score (nSPS) is 27.8. The average Bonchev–Trinajstić information content (AvgIpc) is 2.16. The van der Waals surface area contributed by atoms with Gasteiger partial charge >= 0.3 is 6.09 Å². The van der Waals surface area contributed by atoms with Crippen LogP contribution in [0.5, 0.6) is 0 Å². The Balaban J connectivity index is 2.48. The summed E-state index contributed by atoms with van der Waals surface area (Å²) in [6.45, 7) is 6.51. The van der Waals surface area contributed by atoms with Crippen molar-refractivity contribution in [1.82, 2.24) is 10.2 Å². The molecule has 1 aliphatic heterocycles. The van der Waals surface area contributed by atoms with Crippen molar-refractivity contribution in [2.45, 2.75) is 26.3 Å². The number of hydrogen-bond donors (Lipinski definition) is 1. The number of ether oxygens (including phenoxy) is 1. The molecule has 1 saturated heterocycles. The molecule has 1 aliphatic rings. The summed E-state index contributed by atoms with van der Waals surface area (Å²) in [6, 6.07) is 0.226. The van der Waals surface area contributed by atoms with Crippen LogP contribution in [0.3, 0.4) is 0 Å². The van der Waals surface area contributed by atoms with E-state index in [2.05, 4.69) is 35.8 Å². The van der Waals surface area contributed by atoms with E-state index in [0.29, 0.717) is 11.8 Å². The SMILES string of the molecule is COC(=O)NC1CC(C(C)C)CN(C)C1. The van der Waals surface area contributed by atoms with Crippen LogP contribution in [0.15, 0.2) is 0 Å². The Kier molecular flexibility index (Phi) is 4.39. The summed E-state index contributed by atoms with van der Waals surface area (Å²) >= 11 is 0. The van der Waals surface area contributed by atoms with Crippen molar-refractivity contribution in [3.63, 3.8) is 0 Å². The Morgan fingerprint density at radius 2 is 2.13 bits per heavy atom. The van der Waals surface area contributed by atoms with Crippen LogP contribution in [0.25, 0.3) is 0 Å². The summed E-state index contributed by atoms with van der Waals surface area (Å²) in [6.07, 6.45) is 0.731. The highest BCUT2D eigenvalue weighted by molar-refractivity contribution is 5.67. The zero-order chi connectivity index (χ0) is 11.4. The van der Waals surface area contributed by atoms with Crippen LogP contribution in [0.2, 0.25) is 0 Å². The second-order valence-corrected chi connectivity index (χ2v) is 4.79. The number of carbonyl (C=O) groups excluding carboxylic acids is 1. The van der Waals surface area contributed by atoms with E-state index < -0.39 is 0 Å². The van der Waals surface area contributed by atoms with Gasteiger partial charge in [-0.05, 0) is 25.3 Å². The van der Waals surface area contributed by atoms with E-state index in [4.69, 9.17) is 0 Å². The van der Waals surface area contributed by atoms with Gasteiger partial charge in [-0.25, -0.2) is 4.79 Å². The van der Waals surface area contributed by atoms with E-state index in [9.17, 15) is 4.79 Å². The molecule has 1 heterocycles. The number of piperidine rings is 1. The standard InChI is InChI=1S/C11H22N2O2/c1-8(2)9-5-10(7-13(3)6-9)12-11(14)15-4/h8-10H,5-7H2,1-4H3,(H,12,14). The van der Waals surface area contributed by atoms with Crippen LogP contribution in [-0.4, -0.2) is 44.3 Å². The number of amides is 1. The molecule has 0 aliphatic carbocycles. The molecule has 2 unspecified atom stereocenters. The van der Waals surface area contributed by atoms with Gasteiger partial charge in [0.25, 0.3) is 0 Å². The predicted molar refractivity (Wildman–Crippen MR) is 59.8 cm³/mol. The summed E-state index contributed by atoms with van der Waals surface area (Å²) in [5, 5.41) is 2.88. The Bertz CT molecular complexity index is 219.